The number of carbonyl (C=O) groups is 1. The topological polar surface area (TPSA) is 84.1 Å². The number of benzene rings is 1. The van der Waals surface area contributed by atoms with Crippen molar-refractivity contribution in [2.45, 2.75) is 70.3 Å². The molecule has 35 heavy (non-hydrogen) atoms. The van der Waals surface area contributed by atoms with Crippen LogP contribution in [0.1, 0.15) is 62.6 Å². The molecule has 1 amide bonds. The Morgan fingerprint density at radius 1 is 0.971 bits per heavy atom. The number of hydrogen-bond donors (Lipinski definition) is 2. The van der Waals surface area contributed by atoms with Crippen LogP contribution in [0.2, 0.25) is 0 Å². The van der Waals surface area contributed by atoms with Gasteiger partial charge in [-0.1, -0.05) is 25.3 Å². The van der Waals surface area contributed by atoms with Gasteiger partial charge in [-0.05, 0) is 85.9 Å². The number of anilines is 2. The maximum Gasteiger partial charge on any atom is 0.228 e. The molecule has 3 aromatic rings. The molecule has 3 heterocycles. The van der Waals surface area contributed by atoms with Crippen LogP contribution in [0.5, 0.6) is 0 Å². The minimum absolute atomic E-state index is 0.0925. The summed E-state index contributed by atoms with van der Waals surface area (Å²) in [4.78, 5) is 24.5. The van der Waals surface area contributed by atoms with Crippen molar-refractivity contribution >= 4 is 28.3 Å². The number of nitrogens with one attached hydrogen (secondary N) is 1. The lowest BCUT2D eigenvalue weighted by Gasteiger charge is -2.27. The first-order valence-corrected chi connectivity index (χ1v) is 13.4. The third-order valence-corrected chi connectivity index (χ3v) is 8.09. The molecule has 1 saturated heterocycles. The van der Waals surface area contributed by atoms with Gasteiger partial charge in [0.25, 0.3) is 0 Å². The maximum atomic E-state index is 12.4. The molecule has 2 aliphatic carbocycles. The van der Waals surface area contributed by atoms with Crippen molar-refractivity contribution in [3.05, 3.63) is 47.8 Å². The quantitative estimate of drug-likeness (QED) is 0.546. The van der Waals surface area contributed by atoms with E-state index in [9.17, 15) is 4.79 Å². The average Bonchev–Trinajstić information content (AvgIpc) is 3.23. The molecule has 0 radical (unpaired) electrons. The predicted octanol–water partition coefficient (Wildman–Crippen LogP) is 5.23. The van der Waals surface area contributed by atoms with Gasteiger partial charge in [-0.25, -0.2) is 4.98 Å². The van der Waals surface area contributed by atoms with E-state index in [1.165, 1.54) is 48.0 Å². The Hall–Kier alpha value is -2.99. The molecule has 1 aliphatic heterocycles. The second-order valence-corrected chi connectivity index (χ2v) is 10.6. The zero-order chi connectivity index (χ0) is 23.8. The van der Waals surface area contributed by atoms with E-state index >= 15 is 0 Å². The number of carbonyl (C=O) groups excluding carboxylic acids is 1. The molecule has 1 saturated carbocycles. The number of hydrogen-bond acceptors (Lipinski definition) is 5. The van der Waals surface area contributed by atoms with E-state index in [0.717, 1.165) is 68.3 Å². The van der Waals surface area contributed by atoms with Gasteiger partial charge >= 0.3 is 0 Å². The van der Waals surface area contributed by atoms with Crippen molar-refractivity contribution < 1.29 is 4.79 Å². The van der Waals surface area contributed by atoms with Crippen molar-refractivity contribution in [3.63, 3.8) is 0 Å². The van der Waals surface area contributed by atoms with E-state index in [1.54, 1.807) is 6.20 Å². The van der Waals surface area contributed by atoms with E-state index in [1.807, 2.05) is 12.1 Å². The summed E-state index contributed by atoms with van der Waals surface area (Å²) in [5.41, 5.74) is 13.7. The largest absolute Gasteiger partial charge is 0.369 e. The molecule has 6 nitrogen and oxygen atoms in total. The smallest absolute Gasteiger partial charge is 0.228 e. The fourth-order valence-corrected chi connectivity index (χ4v) is 5.86. The summed E-state index contributed by atoms with van der Waals surface area (Å²) < 4.78 is 0. The van der Waals surface area contributed by atoms with E-state index < -0.39 is 0 Å². The molecule has 6 rings (SSSR count). The Labute approximate surface area is 207 Å². The predicted molar refractivity (Wildman–Crippen MR) is 142 cm³/mol. The highest BCUT2D eigenvalue weighted by Gasteiger charge is 2.27. The standard InChI is InChI=1S/C29H35N5O/c30-22-13-15-34(18-22)28-23-8-3-1-2-4-9-25(23)32-26-11-10-20(16-24(26)28)21-12-14-31-27(17-21)33-29(35)19-6-5-7-19/h10-12,14,16-17,19,22H,1-9,13,15,18,30H2,(H,31,33,35). The molecule has 1 unspecified atom stereocenters. The van der Waals surface area contributed by atoms with Gasteiger partial charge in [-0.15, -0.1) is 0 Å². The third kappa shape index (κ3) is 4.52. The van der Waals surface area contributed by atoms with Gasteiger partial charge in [0.2, 0.25) is 5.91 Å². The zero-order valence-corrected chi connectivity index (χ0v) is 20.4. The van der Waals surface area contributed by atoms with Crippen LogP contribution in [-0.4, -0.2) is 35.0 Å². The van der Waals surface area contributed by atoms with Crippen LogP contribution in [0.4, 0.5) is 11.5 Å². The summed E-state index contributed by atoms with van der Waals surface area (Å²) in [6, 6.07) is 10.8. The molecule has 6 heteroatoms. The second kappa shape index (κ2) is 9.57. The van der Waals surface area contributed by atoms with Crippen LogP contribution < -0.4 is 16.0 Å². The lowest BCUT2D eigenvalue weighted by molar-refractivity contribution is -0.122. The van der Waals surface area contributed by atoms with Gasteiger partial charge in [0, 0.05) is 42.3 Å². The monoisotopic (exact) mass is 469 g/mol. The van der Waals surface area contributed by atoms with Gasteiger partial charge < -0.3 is 16.0 Å². The van der Waals surface area contributed by atoms with Crippen LogP contribution in [0.15, 0.2) is 36.5 Å². The minimum Gasteiger partial charge on any atom is -0.369 e. The van der Waals surface area contributed by atoms with Crippen LogP contribution in [0, 0.1) is 5.92 Å². The average molecular weight is 470 g/mol. The summed E-state index contributed by atoms with van der Waals surface area (Å²) in [5.74, 6) is 0.859. The molecule has 2 fully saturated rings. The highest BCUT2D eigenvalue weighted by molar-refractivity contribution is 5.97. The Morgan fingerprint density at radius 2 is 1.80 bits per heavy atom. The third-order valence-electron chi connectivity index (χ3n) is 8.09. The van der Waals surface area contributed by atoms with Crippen molar-refractivity contribution in [1.82, 2.24) is 9.97 Å². The zero-order valence-electron chi connectivity index (χ0n) is 20.4. The summed E-state index contributed by atoms with van der Waals surface area (Å²) in [5, 5.41) is 4.24. The van der Waals surface area contributed by atoms with E-state index in [0.29, 0.717) is 5.82 Å². The summed E-state index contributed by atoms with van der Waals surface area (Å²) in [6.45, 7) is 1.91. The number of pyridine rings is 2. The minimum atomic E-state index is 0.0925. The Morgan fingerprint density at radius 3 is 2.57 bits per heavy atom. The van der Waals surface area contributed by atoms with E-state index in [4.69, 9.17) is 10.7 Å². The first-order valence-electron chi connectivity index (χ1n) is 13.4. The van der Waals surface area contributed by atoms with Gasteiger partial charge in [-0.3, -0.25) is 9.78 Å². The van der Waals surface area contributed by atoms with Crippen LogP contribution >= 0.6 is 0 Å². The summed E-state index contributed by atoms with van der Waals surface area (Å²) >= 11 is 0. The molecule has 3 N–H and O–H groups in total. The molecular weight excluding hydrogens is 434 g/mol. The van der Waals surface area contributed by atoms with E-state index in [2.05, 4.69) is 33.4 Å². The van der Waals surface area contributed by atoms with Crippen molar-refractivity contribution in [2.75, 3.05) is 23.3 Å². The summed E-state index contributed by atoms with van der Waals surface area (Å²) in [7, 11) is 0. The van der Waals surface area contributed by atoms with Crippen molar-refractivity contribution in [1.29, 1.82) is 0 Å². The molecule has 182 valence electrons. The normalized spacial score (nSPS) is 20.7. The number of nitrogens with zero attached hydrogens (tertiary/aromatic N) is 3. The van der Waals surface area contributed by atoms with Crippen molar-refractivity contribution in [2.24, 2.45) is 11.7 Å². The molecule has 2 aromatic heterocycles. The first kappa shape index (κ1) is 22.5. The maximum absolute atomic E-state index is 12.4. The molecule has 3 aliphatic rings. The fraction of sp³-hybridized carbons (Fsp3) is 0.483. The Kier molecular flexibility index (Phi) is 6.15. The Balaban J connectivity index is 1.41. The van der Waals surface area contributed by atoms with Gasteiger partial charge in [0.05, 0.1) is 11.2 Å². The van der Waals surface area contributed by atoms with Crippen LogP contribution in [0.3, 0.4) is 0 Å². The fourth-order valence-electron chi connectivity index (χ4n) is 5.86. The summed E-state index contributed by atoms with van der Waals surface area (Å²) in [6.07, 6.45) is 13.1. The first-order chi connectivity index (χ1) is 17.2. The molecule has 1 aromatic carbocycles. The van der Waals surface area contributed by atoms with Crippen LogP contribution in [-0.2, 0) is 17.6 Å². The lowest BCUT2D eigenvalue weighted by atomic mass is 9.85. The number of rotatable bonds is 4. The number of nitrogens with two attached hydrogens (primary N) is 1. The SMILES string of the molecule is NC1CCN(c2c3c(nc4ccc(-c5ccnc(NC(=O)C6CCC6)c5)cc24)CCCCCC3)C1. The van der Waals surface area contributed by atoms with E-state index in [-0.39, 0.29) is 17.9 Å². The van der Waals surface area contributed by atoms with Gasteiger partial charge in [-0.2, -0.15) is 0 Å². The number of fused-ring (bicyclic) bond motifs is 2. The Bertz CT molecular complexity index is 1250. The number of aryl methyl sites for hydroxylation is 1. The second-order valence-electron chi connectivity index (χ2n) is 10.6. The van der Waals surface area contributed by atoms with Crippen molar-refractivity contribution in [3.8, 4) is 11.1 Å². The highest BCUT2D eigenvalue weighted by atomic mass is 16.2. The molecule has 1 atom stereocenters. The van der Waals surface area contributed by atoms with Crippen LogP contribution in [0.25, 0.3) is 22.0 Å². The molecule has 0 bridgehead atoms. The number of aromatic nitrogens is 2. The molecular formula is C29H35N5O. The lowest BCUT2D eigenvalue weighted by Crippen LogP contribution is -2.28. The molecule has 0 spiro atoms. The van der Waals surface area contributed by atoms with Gasteiger partial charge in [0.1, 0.15) is 5.82 Å². The highest BCUT2D eigenvalue weighted by Crippen LogP contribution is 2.38. The van der Waals surface area contributed by atoms with Gasteiger partial charge in [0.15, 0.2) is 0 Å². The number of amides is 1.